The monoisotopic (exact) mass is 312 g/mol. The Bertz CT molecular complexity index is 529. The van der Waals surface area contributed by atoms with Crippen LogP contribution < -0.4 is 10.0 Å². The molecule has 5 nitrogen and oxygen atoms in total. The van der Waals surface area contributed by atoms with Gasteiger partial charge in [-0.15, -0.1) is 6.58 Å². The summed E-state index contributed by atoms with van der Waals surface area (Å²) < 4.78 is 32.3. The second kappa shape index (κ2) is 9.55. The third-order valence-electron chi connectivity index (χ3n) is 2.75. The molecule has 118 valence electrons. The highest BCUT2D eigenvalue weighted by atomic mass is 32.2. The molecular weight excluding hydrogens is 288 g/mol. The Morgan fingerprint density at radius 2 is 2.00 bits per heavy atom. The molecule has 0 saturated heterocycles. The molecule has 6 heteroatoms. The van der Waals surface area contributed by atoms with Crippen molar-refractivity contribution in [3.8, 4) is 0 Å². The van der Waals surface area contributed by atoms with Crippen LogP contribution in [-0.2, 0) is 14.8 Å². The average molecular weight is 312 g/mol. The summed E-state index contributed by atoms with van der Waals surface area (Å²) in [6, 6.07) is 6.87. The number of ether oxygens (including phenoxy) is 1. The minimum absolute atomic E-state index is 0.268. The Kier molecular flexibility index (Phi) is 8.04. The zero-order valence-corrected chi connectivity index (χ0v) is 13.3. The zero-order chi connectivity index (χ0) is 15.6. The van der Waals surface area contributed by atoms with Crippen LogP contribution in [0.3, 0.4) is 0 Å². The SMILES string of the molecule is C=CCCOCCNc1ccccc1S(=O)(=O)NCCC. The van der Waals surface area contributed by atoms with Gasteiger partial charge in [-0.25, -0.2) is 13.1 Å². The van der Waals surface area contributed by atoms with E-state index < -0.39 is 10.0 Å². The van der Waals surface area contributed by atoms with E-state index in [1.54, 1.807) is 30.3 Å². The van der Waals surface area contributed by atoms with Crippen molar-refractivity contribution < 1.29 is 13.2 Å². The summed E-state index contributed by atoms with van der Waals surface area (Å²) in [6.45, 7) is 7.68. The van der Waals surface area contributed by atoms with Gasteiger partial charge in [0, 0.05) is 13.1 Å². The van der Waals surface area contributed by atoms with E-state index in [0.29, 0.717) is 32.0 Å². The van der Waals surface area contributed by atoms with Crippen molar-refractivity contribution in [1.29, 1.82) is 0 Å². The standard InChI is InChI=1S/C15H24N2O3S/c1-3-5-12-20-13-11-16-14-8-6-7-9-15(14)21(18,19)17-10-4-2/h3,6-9,16-17H,1,4-5,10-13H2,2H3. The first-order valence-electron chi connectivity index (χ1n) is 7.13. The molecule has 1 rings (SSSR count). The fourth-order valence-corrected chi connectivity index (χ4v) is 3.00. The molecule has 1 aromatic carbocycles. The van der Waals surface area contributed by atoms with E-state index >= 15 is 0 Å². The summed E-state index contributed by atoms with van der Waals surface area (Å²) in [4.78, 5) is 0.268. The first-order valence-corrected chi connectivity index (χ1v) is 8.61. The Balaban J connectivity index is 2.61. The fourth-order valence-electron chi connectivity index (χ4n) is 1.69. The van der Waals surface area contributed by atoms with Gasteiger partial charge >= 0.3 is 0 Å². The highest BCUT2D eigenvalue weighted by Gasteiger charge is 2.16. The Morgan fingerprint density at radius 1 is 1.24 bits per heavy atom. The Labute approximate surface area is 127 Å². The summed E-state index contributed by atoms with van der Waals surface area (Å²) in [5.74, 6) is 0. The minimum Gasteiger partial charge on any atom is -0.382 e. The maximum Gasteiger partial charge on any atom is 0.242 e. The minimum atomic E-state index is -3.47. The zero-order valence-electron chi connectivity index (χ0n) is 12.5. The predicted octanol–water partition coefficient (Wildman–Crippen LogP) is 2.38. The van der Waals surface area contributed by atoms with Crippen LogP contribution in [0.2, 0.25) is 0 Å². The van der Waals surface area contributed by atoms with Crippen LogP contribution in [0, 0.1) is 0 Å². The van der Waals surface area contributed by atoms with Crippen molar-refractivity contribution in [3.05, 3.63) is 36.9 Å². The molecule has 0 aliphatic rings. The van der Waals surface area contributed by atoms with E-state index in [1.165, 1.54) is 0 Å². The summed E-state index contributed by atoms with van der Waals surface area (Å²) in [5, 5.41) is 3.10. The summed E-state index contributed by atoms with van der Waals surface area (Å²) in [7, 11) is -3.47. The number of benzene rings is 1. The summed E-state index contributed by atoms with van der Waals surface area (Å²) >= 11 is 0. The van der Waals surface area contributed by atoms with E-state index in [4.69, 9.17) is 4.74 Å². The molecule has 2 N–H and O–H groups in total. The van der Waals surface area contributed by atoms with E-state index in [2.05, 4.69) is 16.6 Å². The lowest BCUT2D eigenvalue weighted by atomic mass is 10.3. The molecule has 1 aromatic rings. The van der Waals surface area contributed by atoms with Crippen molar-refractivity contribution in [2.24, 2.45) is 0 Å². The van der Waals surface area contributed by atoms with Crippen molar-refractivity contribution >= 4 is 15.7 Å². The fraction of sp³-hybridized carbons (Fsp3) is 0.467. The van der Waals surface area contributed by atoms with Gasteiger partial charge in [0.05, 0.1) is 18.9 Å². The molecule has 0 atom stereocenters. The molecule has 0 unspecified atom stereocenters. The molecule has 0 fully saturated rings. The van der Waals surface area contributed by atoms with Crippen LogP contribution in [0.25, 0.3) is 0 Å². The maximum atomic E-state index is 12.2. The lowest BCUT2D eigenvalue weighted by molar-refractivity contribution is 0.149. The molecule has 21 heavy (non-hydrogen) atoms. The van der Waals surface area contributed by atoms with Gasteiger partial charge in [0.2, 0.25) is 10.0 Å². The number of sulfonamides is 1. The van der Waals surface area contributed by atoms with Crippen molar-refractivity contribution in [2.75, 3.05) is 31.6 Å². The van der Waals surface area contributed by atoms with Crippen LogP contribution in [0.15, 0.2) is 41.8 Å². The molecule has 0 saturated carbocycles. The molecule has 0 spiro atoms. The molecule has 0 heterocycles. The average Bonchev–Trinajstić information content (AvgIpc) is 2.49. The largest absolute Gasteiger partial charge is 0.382 e. The number of hydrogen-bond acceptors (Lipinski definition) is 4. The van der Waals surface area contributed by atoms with Gasteiger partial charge < -0.3 is 10.1 Å². The highest BCUT2D eigenvalue weighted by Crippen LogP contribution is 2.20. The molecule has 0 aliphatic heterocycles. The Morgan fingerprint density at radius 3 is 2.71 bits per heavy atom. The topological polar surface area (TPSA) is 67.4 Å². The van der Waals surface area contributed by atoms with Gasteiger partial charge in [-0.05, 0) is 25.0 Å². The molecule has 0 aromatic heterocycles. The number of para-hydroxylation sites is 1. The lowest BCUT2D eigenvalue weighted by Crippen LogP contribution is -2.25. The van der Waals surface area contributed by atoms with Crippen LogP contribution >= 0.6 is 0 Å². The second-order valence-corrected chi connectivity index (χ2v) is 6.25. The Hall–Kier alpha value is -1.37. The smallest absolute Gasteiger partial charge is 0.242 e. The van der Waals surface area contributed by atoms with Crippen LogP contribution in [0.4, 0.5) is 5.69 Å². The number of rotatable bonds is 11. The predicted molar refractivity (Wildman–Crippen MR) is 86.0 cm³/mol. The third kappa shape index (κ3) is 6.29. The van der Waals surface area contributed by atoms with Crippen LogP contribution in [-0.4, -0.2) is 34.7 Å². The van der Waals surface area contributed by atoms with E-state index in [0.717, 1.165) is 12.8 Å². The highest BCUT2D eigenvalue weighted by molar-refractivity contribution is 7.89. The molecule has 0 amide bonds. The van der Waals surface area contributed by atoms with E-state index in [-0.39, 0.29) is 4.90 Å². The maximum absolute atomic E-state index is 12.2. The quantitative estimate of drug-likeness (QED) is 0.486. The number of anilines is 1. The van der Waals surface area contributed by atoms with Crippen molar-refractivity contribution in [1.82, 2.24) is 4.72 Å². The number of hydrogen-bond donors (Lipinski definition) is 2. The van der Waals surface area contributed by atoms with E-state index in [1.807, 2.05) is 6.92 Å². The van der Waals surface area contributed by atoms with Gasteiger partial charge in [-0.2, -0.15) is 0 Å². The van der Waals surface area contributed by atoms with Crippen LogP contribution in [0.1, 0.15) is 19.8 Å². The normalized spacial score (nSPS) is 11.3. The van der Waals surface area contributed by atoms with Crippen LogP contribution in [0.5, 0.6) is 0 Å². The van der Waals surface area contributed by atoms with Gasteiger partial charge in [0.15, 0.2) is 0 Å². The van der Waals surface area contributed by atoms with Crippen molar-refractivity contribution in [3.63, 3.8) is 0 Å². The first-order chi connectivity index (χ1) is 10.1. The first kappa shape index (κ1) is 17.7. The molecule has 0 bridgehead atoms. The summed E-state index contributed by atoms with van der Waals surface area (Å²) in [5.41, 5.74) is 0.591. The van der Waals surface area contributed by atoms with Gasteiger partial charge in [0.1, 0.15) is 4.90 Å². The second-order valence-electron chi connectivity index (χ2n) is 4.51. The molecule has 0 aliphatic carbocycles. The van der Waals surface area contributed by atoms with E-state index in [9.17, 15) is 8.42 Å². The van der Waals surface area contributed by atoms with Gasteiger partial charge in [0.25, 0.3) is 0 Å². The molecule has 0 radical (unpaired) electrons. The number of nitrogens with one attached hydrogen (secondary N) is 2. The molecular formula is C15H24N2O3S. The van der Waals surface area contributed by atoms with Gasteiger partial charge in [-0.3, -0.25) is 0 Å². The van der Waals surface area contributed by atoms with Crippen molar-refractivity contribution in [2.45, 2.75) is 24.7 Å². The lowest BCUT2D eigenvalue weighted by Gasteiger charge is -2.13. The third-order valence-corrected chi connectivity index (χ3v) is 4.27. The summed E-state index contributed by atoms with van der Waals surface area (Å²) in [6.07, 6.45) is 3.37. The van der Waals surface area contributed by atoms with Gasteiger partial charge in [-0.1, -0.05) is 25.1 Å².